The Morgan fingerprint density at radius 2 is 0.968 bits per heavy atom. The molecule has 2 aromatic carbocycles. The summed E-state index contributed by atoms with van der Waals surface area (Å²) >= 11 is 0. The van der Waals surface area contributed by atoms with Gasteiger partial charge in [0.2, 0.25) is 0 Å². The summed E-state index contributed by atoms with van der Waals surface area (Å²) in [4.78, 5) is 60.9. The highest BCUT2D eigenvalue weighted by Crippen LogP contribution is 2.43. The summed E-state index contributed by atoms with van der Waals surface area (Å²) < 4.78 is 0. The van der Waals surface area contributed by atoms with Gasteiger partial charge in [0.05, 0.1) is 48.8 Å². The van der Waals surface area contributed by atoms with E-state index >= 15 is 0 Å². The van der Waals surface area contributed by atoms with Gasteiger partial charge < -0.3 is 15.2 Å². The molecular weight excluding hydrogens is 432 g/mol. The summed E-state index contributed by atoms with van der Waals surface area (Å²) in [5.41, 5.74) is -9.46. The Balaban J connectivity index is 2.93. The monoisotopic (exact) mass is 437 g/mol. The quantitative estimate of drug-likeness (QED) is 0.451. The fourth-order valence-corrected chi connectivity index (χ4v) is 2.40. The van der Waals surface area contributed by atoms with E-state index in [9.17, 15) is 60.5 Å². The number of carboxylic acids is 1. The van der Waals surface area contributed by atoms with Crippen LogP contribution < -0.4 is 10.4 Å². The first-order chi connectivity index (χ1) is 14.3. The first-order valence-corrected chi connectivity index (χ1v) is 7.41. The zero-order valence-electron chi connectivity index (χ0n) is 14.4. The molecule has 0 aliphatic rings. The minimum absolute atomic E-state index is 0.297. The summed E-state index contributed by atoms with van der Waals surface area (Å²) in [6.07, 6.45) is 0. The van der Waals surface area contributed by atoms with Crippen LogP contribution in [-0.4, -0.2) is 30.6 Å². The molecule has 0 aliphatic heterocycles. The number of nitrogens with zero attached hydrogens (tertiary/aromatic N) is 5. The number of hydrogen-bond acceptors (Lipinski definition) is 13. The van der Waals surface area contributed by atoms with Crippen LogP contribution in [0.15, 0.2) is 24.3 Å². The second-order valence-corrected chi connectivity index (χ2v) is 5.44. The molecule has 0 spiro atoms. The van der Waals surface area contributed by atoms with Gasteiger partial charge in [-0.05, 0) is 0 Å². The van der Waals surface area contributed by atoms with Gasteiger partial charge in [-0.3, -0.25) is 50.6 Å². The molecule has 0 atom stereocenters. The highest BCUT2D eigenvalue weighted by Gasteiger charge is 2.34. The smallest absolute Gasteiger partial charge is 0.306 e. The van der Waals surface area contributed by atoms with Crippen molar-refractivity contribution < 1.29 is 34.5 Å². The molecule has 0 saturated carbocycles. The maximum absolute atomic E-state index is 11.4. The minimum Gasteiger partial charge on any atom is -0.545 e. The van der Waals surface area contributed by atoms with Crippen LogP contribution >= 0.6 is 0 Å². The Labute approximate surface area is 167 Å². The molecule has 0 heterocycles. The Kier molecular flexibility index (Phi) is 5.67. The van der Waals surface area contributed by atoms with Gasteiger partial charge in [0, 0.05) is 11.6 Å². The minimum atomic E-state index is -2.19. The van der Waals surface area contributed by atoms with E-state index in [0.717, 1.165) is 0 Å². The highest BCUT2D eigenvalue weighted by atomic mass is 16.6. The normalized spacial score (nSPS) is 10.2. The standard InChI is InChI=1S/C13H6N6O12/c20-13(21)7-1-5(15(22)23)2-8(17(26)27)11(7)14-12-9(18(28)29)3-6(16(24)25)4-10(12)19(30)31/h1-4,14H,(H,20,21)/p-1. The summed E-state index contributed by atoms with van der Waals surface area (Å²) in [6, 6.07) is 1.22. The van der Waals surface area contributed by atoms with Crippen molar-refractivity contribution in [3.05, 3.63) is 80.4 Å². The number of nitro groups is 5. The Morgan fingerprint density at radius 3 is 1.29 bits per heavy atom. The van der Waals surface area contributed by atoms with Crippen LogP contribution in [0.4, 0.5) is 39.8 Å². The van der Waals surface area contributed by atoms with E-state index in [1.54, 1.807) is 0 Å². The van der Waals surface area contributed by atoms with Crippen molar-refractivity contribution in [1.29, 1.82) is 0 Å². The van der Waals surface area contributed by atoms with Gasteiger partial charge in [-0.25, -0.2) is 0 Å². The van der Waals surface area contributed by atoms with Crippen molar-refractivity contribution in [3.8, 4) is 0 Å². The predicted molar refractivity (Wildman–Crippen MR) is 93.8 cm³/mol. The number of carbonyl (C=O) groups excluding carboxylic acids is 1. The highest BCUT2D eigenvalue weighted by molar-refractivity contribution is 5.99. The molecule has 18 heteroatoms. The lowest BCUT2D eigenvalue weighted by molar-refractivity contribution is -0.401. The van der Waals surface area contributed by atoms with Crippen LogP contribution in [0, 0.1) is 50.6 Å². The summed E-state index contributed by atoms with van der Waals surface area (Å²) in [6.45, 7) is 0. The largest absolute Gasteiger partial charge is 0.545 e. The van der Waals surface area contributed by atoms with E-state index in [1.807, 2.05) is 5.32 Å². The Bertz CT molecular complexity index is 1030. The summed E-state index contributed by atoms with van der Waals surface area (Å²) in [7, 11) is 0. The molecule has 18 nitrogen and oxygen atoms in total. The van der Waals surface area contributed by atoms with Crippen LogP contribution in [-0.2, 0) is 0 Å². The van der Waals surface area contributed by atoms with Gasteiger partial charge in [0.25, 0.3) is 17.1 Å². The fourth-order valence-electron chi connectivity index (χ4n) is 2.40. The molecule has 0 saturated heterocycles. The van der Waals surface area contributed by atoms with E-state index in [4.69, 9.17) is 0 Å². The average molecular weight is 437 g/mol. The van der Waals surface area contributed by atoms with E-state index in [-0.39, 0.29) is 0 Å². The molecule has 0 fully saturated rings. The number of rotatable bonds is 8. The lowest BCUT2D eigenvalue weighted by atomic mass is 10.1. The first kappa shape index (κ1) is 22.0. The molecule has 0 unspecified atom stereocenters. The van der Waals surface area contributed by atoms with Gasteiger partial charge >= 0.3 is 11.4 Å². The number of aromatic carboxylic acids is 1. The van der Waals surface area contributed by atoms with Crippen molar-refractivity contribution >= 4 is 45.8 Å². The number of hydrogen-bond donors (Lipinski definition) is 1. The van der Waals surface area contributed by atoms with Gasteiger partial charge in [-0.1, -0.05) is 0 Å². The van der Waals surface area contributed by atoms with Gasteiger partial charge in [0.1, 0.15) is 5.69 Å². The molecule has 31 heavy (non-hydrogen) atoms. The fraction of sp³-hybridized carbons (Fsp3) is 0. The molecule has 1 N–H and O–H groups in total. The molecular formula is C13H5N6O12-. The predicted octanol–water partition coefficient (Wildman–Crippen LogP) is 1.33. The number of nitro benzene ring substituents is 5. The first-order valence-electron chi connectivity index (χ1n) is 7.41. The molecule has 2 aromatic rings. The van der Waals surface area contributed by atoms with E-state index in [2.05, 4.69) is 0 Å². The number of carbonyl (C=O) groups is 1. The van der Waals surface area contributed by atoms with Crippen molar-refractivity contribution in [2.45, 2.75) is 0 Å². The Hall–Kier alpha value is -5.29. The third-order valence-electron chi connectivity index (χ3n) is 3.67. The van der Waals surface area contributed by atoms with Crippen molar-refractivity contribution in [2.75, 3.05) is 5.32 Å². The lowest BCUT2D eigenvalue weighted by Gasteiger charge is -2.13. The Morgan fingerprint density at radius 1 is 0.613 bits per heavy atom. The summed E-state index contributed by atoms with van der Waals surface area (Å²) in [5, 5.41) is 69.0. The second kappa shape index (κ2) is 7.98. The molecule has 0 bridgehead atoms. The SMILES string of the molecule is O=C([O-])c1cc([N+](=O)[O-])cc([N+](=O)[O-])c1Nc1c([N+](=O)[O-])cc([N+](=O)[O-])cc1[N+](=O)[O-]. The molecule has 0 radical (unpaired) electrons. The van der Waals surface area contributed by atoms with Crippen molar-refractivity contribution in [2.24, 2.45) is 0 Å². The number of anilines is 2. The van der Waals surface area contributed by atoms with Crippen LogP contribution in [0.1, 0.15) is 10.4 Å². The third kappa shape index (κ3) is 4.26. The van der Waals surface area contributed by atoms with Crippen LogP contribution in [0.3, 0.4) is 0 Å². The van der Waals surface area contributed by atoms with E-state index in [0.29, 0.717) is 24.3 Å². The molecule has 0 amide bonds. The van der Waals surface area contributed by atoms with Gasteiger partial charge in [-0.15, -0.1) is 0 Å². The van der Waals surface area contributed by atoms with Crippen LogP contribution in [0.25, 0.3) is 0 Å². The van der Waals surface area contributed by atoms with Crippen molar-refractivity contribution in [3.63, 3.8) is 0 Å². The molecule has 160 valence electrons. The number of non-ortho nitro benzene ring substituents is 2. The molecule has 0 aliphatic carbocycles. The maximum Gasteiger partial charge on any atom is 0.306 e. The molecule has 2 rings (SSSR count). The van der Waals surface area contributed by atoms with Crippen LogP contribution in [0.5, 0.6) is 0 Å². The second-order valence-electron chi connectivity index (χ2n) is 5.44. The number of benzene rings is 2. The zero-order valence-corrected chi connectivity index (χ0v) is 14.4. The lowest BCUT2D eigenvalue weighted by Crippen LogP contribution is -2.24. The zero-order chi connectivity index (χ0) is 23.6. The number of nitrogens with one attached hydrogen (secondary N) is 1. The number of carboxylic acid groups (broad SMARTS) is 1. The molecule has 0 aromatic heterocycles. The topological polar surface area (TPSA) is 268 Å². The van der Waals surface area contributed by atoms with E-state index in [1.165, 1.54) is 0 Å². The van der Waals surface area contributed by atoms with E-state index < -0.39 is 76.0 Å². The van der Waals surface area contributed by atoms with Crippen LogP contribution in [0.2, 0.25) is 0 Å². The van der Waals surface area contributed by atoms with Gasteiger partial charge in [-0.2, -0.15) is 0 Å². The summed E-state index contributed by atoms with van der Waals surface area (Å²) in [5.74, 6) is -2.19. The van der Waals surface area contributed by atoms with Gasteiger partial charge in [0.15, 0.2) is 5.69 Å². The average Bonchev–Trinajstić information content (AvgIpc) is 2.66. The maximum atomic E-state index is 11.4. The van der Waals surface area contributed by atoms with Crippen molar-refractivity contribution in [1.82, 2.24) is 0 Å². The third-order valence-corrected chi connectivity index (χ3v) is 3.67.